The normalized spacial score (nSPS) is 23.0. The number of piperidine rings is 3. The fraction of sp³-hybridized carbons (Fsp3) is 0.526. The van der Waals surface area contributed by atoms with Crippen LogP contribution in [0.3, 0.4) is 0 Å². The van der Waals surface area contributed by atoms with E-state index in [4.69, 9.17) is 14.6 Å². The molecule has 152 valence electrons. The Balaban J connectivity index is 0.000000706. The molecule has 28 heavy (non-hydrogen) atoms. The number of carbonyl (C=O) groups is 2. The number of fused-ring (bicyclic) bond motifs is 4. The fourth-order valence-electron chi connectivity index (χ4n) is 3.96. The summed E-state index contributed by atoms with van der Waals surface area (Å²) < 4.78 is 5.06. The lowest BCUT2D eigenvalue weighted by Crippen LogP contribution is -2.57. The van der Waals surface area contributed by atoms with E-state index in [1.165, 1.54) is 25.9 Å². The summed E-state index contributed by atoms with van der Waals surface area (Å²) in [5, 5.41) is 21.5. The Labute approximate surface area is 163 Å². The predicted molar refractivity (Wildman–Crippen MR) is 106 cm³/mol. The summed E-state index contributed by atoms with van der Waals surface area (Å²) in [5.41, 5.74) is 2.31. The molecule has 4 N–H and O–H groups in total. The predicted octanol–water partition coefficient (Wildman–Crippen LogP) is 1.15. The first kappa shape index (κ1) is 20.1. The Morgan fingerprint density at radius 1 is 1.43 bits per heavy atom. The molecule has 2 bridgehead atoms. The molecule has 1 aromatic carbocycles. The number of ether oxygens (including phenoxy) is 1. The van der Waals surface area contributed by atoms with Crippen LogP contribution in [-0.2, 0) is 9.53 Å². The zero-order valence-corrected chi connectivity index (χ0v) is 16.0. The summed E-state index contributed by atoms with van der Waals surface area (Å²) >= 11 is 0. The molecule has 9 heteroatoms. The number of amides is 1. The van der Waals surface area contributed by atoms with E-state index in [0.29, 0.717) is 18.2 Å². The Bertz CT molecular complexity index is 801. The Morgan fingerprint density at radius 2 is 2.18 bits per heavy atom. The van der Waals surface area contributed by atoms with Gasteiger partial charge < -0.3 is 25.4 Å². The zero-order valence-electron chi connectivity index (χ0n) is 16.0. The van der Waals surface area contributed by atoms with Gasteiger partial charge in [0, 0.05) is 37.3 Å². The van der Waals surface area contributed by atoms with E-state index in [1.54, 1.807) is 7.11 Å². The summed E-state index contributed by atoms with van der Waals surface area (Å²) in [6, 6.07) is 6.14. The molecule has 5 rings (SSSR count). The highest BCUT2D eigenvalue weighted by Gasteiger charge is 2.35. The minimum absolute atomic E-state index is 0.0842. The van der Waals surface area contributed by atoms with Gasteiger partial charge in [0.1, 0.15) is 0 Å². The maximum atomic E-state index is 12.8. The highest BCUT2D eigenvalue weighted by Crippen LogP contribution is 2.28. The molecule has 3 aliphatic rings. The Morgan fingerprint density at radius 3 is 2.82 bits per heavy atom. The molecule has 2 aromatic rings. The molecule has 3 aliphatic heterocycles. The van der Waals surface area contributed by atoms with Crippen molar-refractivity contribution in [3.63, 3.8) is 0 Å². The summed E-state index contributed by atoms with van der Waals surface area (Å²) in [5.74, 6) is 0.518. The molecule has 1 amide bonds. The van der Waals surface area contributed by atoms with Crippen molar-refractivity contribution in [3.8, 4) is 0 Å². The van der Waals surface area contributed by atoms with Crippen LogP contribution in [0.25, 0.3) is 10.9 Å². The second-order valence-corrected chi connectivity index (χ2v) is 7.08. The molecule has 3 saturated heterocycles. The second-order valence-electron chi connectivity index (χ2n) is 7.08. The summed E-state index contributed by atoms with van der Waals surface area (Å²) in [6.45, 7) is 4.40. The van der Waals surface area contributed by atoms with Gasteiger partial charge in [-0.05, 0) is 50.0 Å². The topological polar surface area (TPSA) is 120 Å². The number of nitrogens with one attached hydrogen (secondary N) is 3. The molecule has 0 saturated carbocycles. The highest BCUT2D eigenvalue weighted by atomic mass is 16.5. The number of nitrogens with zero attached hydrogens (tertiary/aromatic N) is 2. The molecule has 3 fully saturated rings. The van der Waals surface area contributed by atoms with E-state index in [-0.39, 0.29) is 18.4 Å². The number of hydrogen-bond donors (Lipinski definition) is 4. The van der Waals surface area contributed by atoms with Gasteiger partial charge in [0.2, 0.25) is 0 Å². The van der Waals surface area contributed by atoms with Crippen molar-refractivity contribution >= 4 is 29.0 Å². The number of carboxylic acid groups (broad SMARTS) is 1. The molecule has 0 unspecified atom stereocenters. The summed E-state index contributed by atoms with van der Waals surface area (Å²) in [7, 11) is 1.68. The van der Waals surface area contributed by atoms with Crippen molar-refractivity contribution in [2.24, 2.45) is 5.92 Å². The highest BCUT2D eigenvalue weighted by molar-refractivity contribution is 6.05. The van der Waals surface area contributed by atoms with E-state index in [9.17, 15) is 4.79 Å². The first-order valence-corrected chi connectivity index (χ1v) is 9.48. The van der Waals surface area contributed by atoms with Crippen LogP contribution in [-0.4, -0.2) is 78.5 Å². The molecule has 1 atom stereocenters. The van der Waals surface area contributed by atoms with Gasteiger partial charge in [-0.2, -0.15) is 5.10 Å². The smallest absolute Gasteiger partial charge is 0.290 e. The van der Waals surface area contributed by atoms with Gasteiger partial charge in [-0.3, -0.25) is 14.7 Å². The Kier molecular flexibility index (Phi) is 6.83. The average Bonchev–Trinajstić information content (AvgIpc) is 3.13. The first-order valence-electron chi connectivity index (χ1n) is 9.48. The lowest BCUT2D eigenvalue weighted by molar-refractivity contribution is -0.122. The summed E-state index contributed by atoms with van der Waals surface area (Å²) in [4.78, 5) is 23.6. The van der Waals surface area contributed by atoms with E-state index in [0.717, 1.165) is 29.7 Å². The number of anilines is 1. The first-order chi connectivity index (χ1) is 13.7. The number of hydrogen-bond acceptors (Lipinski definition) is 6. The third kappa shape index (κ3) is 4.60. The van der Waals surface area contributed by atoms with Crippen molar-refractivity contribution in [3.05, 3.63) is 23.9 Å². The number of H-pyrrole nitrogens is 1. The zero-order chi connectivity index (χ0) is 19.9. The number of benzene rings is 1. The van der Waals surface area contributed by atoms with E-state index < -0.39 is 0 Å². The maximum absolute atomic E-state index is 12.8. The quantitative estimate of drug-likeness (QED) is 0.432. The van der Waals surface area contributed by atoms with Crippen molar-refractivity contribution in [1.82, 2.24) is 20.4 Å². The molecule has 9 nitrogen and oxygen atoms in total. The van der Waals surface area contributed by atoms with Crippen molar-refractivity contribution in [2.75, 3.05) is 45.2 Å². The number of rotatable bonds is 6. The van der Waals surface area contributed by atoms with Gasteiger partial charge in [0.25, 0.3) is 12.4 Å². The third-order valence-electron chi connectivity index (χ3n) is 5.39. The molecule has 0 aliphatic carbocycles. The SMILES string of the molecule is COCCNc1ccc2[nH]nc(C(=O)N[C@H]3CN4CCC3CC4)c2c1.O=CO. The molecule has 4 heterocycles. The van der Waals surface area contributed by atoms with Crippen LogP contribution in [0, 0.1) is 5.92 Å². The molecular weight excluding hydrogens is 362 g/mol. The standard InChI is InChI=1S/C18H25N5O2.CH2O2/c1-25-9-6-19-13-2-3-15-14(10-13)17(22-21-15)18(24)20-16-11-23-7-4-12(16)5-8-23;2-1-3/h2-3,10,12,16,19H,4-9,11H2,1H3,(H,20,24)(H,21,22);1H,(H,2,3)/t16-;/m0./s1. The van der Waals surface area contributed by atoms with Crippen molar-refractivity contribution in [2.45, 2.75) is 18.9 Å². The molecular formula is C19H27N5O4. The van der Waals surface area contributed by atoms with E-state index in [2.05, 4.69) is 25.7 Å². The molecule has 0 spiro atoms. The van der Waals surface area contributed by atoms with Crippen LogP contribution in [0.2, 0.25) is 0 Å². The number of methoxy groups -OCH3 is 1. The van der Waals surface area contributed by atoms with Gasteiger partial charge in [-0.1, -0.05) is 0 Å². The largest absolute Gasteiger partial charge is 0.483 e. The van der Waals surface area contributed by atoms with Crippen LogP contribution in [0.15, 0.2) is 18.2 Å². The second kappa shape index (κ2) is 9.52. The molecule has 1 aromatic heterocycles. The number of aromatic nitrogens is 2. The lowest BCUT2D eigenvalue weighted by Gasteiger charge is -2.44. The average molecular weight is 389 g/mol. The van der Waals surface area contributed by atoms with Gasteiger partial charge in [0.15, 0.2) is 5.69 Å². The minimum Gasteiger partial charge on any atom is -0.483 e. The van der Waals surface area contributed by atoms with Crippen LogP contribution < -0.4 is 10.6 Å². The number of carbonyl (C=O) groups excluding carboxylic acids is 1. The van der Waals surface area contributed by atoms with E-state index >= 15 is 0 Å². The third-order valence-corrected chi connectivity index (χ3v) is 5.39. The van der Waals surface area contributed by atoms with Gasteiger partial charge in [-0.25, -0.2) is 0 Å². The number of aromatic amines is 1. The van der Waals surface area contributed by atoms with Crippen LogP contribution in [0.1, 0.15) is 23.3 Å². The minimum atomic E-state index is -0.250. The maximum Gasteiger partial charge on any atom is 0.290 e. The van der Waals surface area contributed by atoms with Crippen LogP contribution in [0.4, 0.5) is 5.69 Å². The fourth-order valence-corrected chi connectivity index (χ4v) is 3.96. The molecule has 0 radical (unpaired) electrons. The van der Waals surface area contributed by atoms with Crippen molar-refractivity contribution < 1.29 is 19.4 Å². The van der Waals surface area contributed by atoms with E-state index in [1.807, 2.05) is 18.2 Å². The Hall–Kier alpha value is -2.65. The van der Waals surface area contributed by atoms with Crippen LogP contribution in [0.5, 0.6) is 0 Å². The van der Waals surface area contributed by atoms with Gasteiger partial charge in [0.05, 0.1) is 12.1 Å². The van der Waals surface area contributed by atoms with Gasteiger partial charge >= 0.3 is 0 Å². The summed E-state index contributed by atoms with van der Waals surface area (Å²) in [6.07, 6.45) is 2.36. The van der Waals surface area contributed by atoms with Crippen molar-refractivity contribution in [1.29, 1.82) is 0 Å². The monoisotopic (exact) mass is 389 g/mol. The lowest BCUT2D eigenvalue weighted by atomic mass is 9.84. The van der Waals surface area contributed by atoms with Gasteiger partial charge in [-0.15, -0.1) is 0 Å². The van der Waals surface area contributed by atoms with Crippen LogP contribution >= 0.6 is 0 Å².